The lowest BCUT2D eigenvalue weighted by Gasteiger charge is -2.23. The summed E-state index contributed by atoms with van der Waals surface area (Å²) in [4.78, 5) is 29.9. The molecular formula is C19H17N3O4S. The monoisotopic (exact) mass is 383 g/mol. The lowest BCUT2D eigenvalue weighted by Crippen LogP contribution is -2.37. The summed E-state index contributed by atoms with van der Waals surface area (Å²) in [5, 5.41) is 11.6. The summed E-state index contributed by atoms with van der Waals surface area (Å²) < 4.78 is 6.68. The van der Waals surface area contributed by atoms with Crippen molar-refractivity contribution in [2.24, 2.45) is 0 Å². The molecule has 1 aliphatic heterocycles. The van der Waals surface area contributed by atoms with E-state index >= 15 is 0 Å². The van der Waals surface area contributed by atoms with Crippen molar-refractivity contribution in [1.82, 2.24) is 4.98 Å². The zero-order chi connectivity index (χ0) is 18.8. The van der Waals surface area contributed by atoms with Gasteiger partial charge in [-0.3, -0.25) is 19.8 Å². The van der Waals surface area contributed by atoms with Crippen molar-refractivity contribution >= 4 is 38.3 Å². The normalized spacial score (nSPS) is 16.5. The van der Waals surface area contributed by atoms with Crippen LogP contribution in [-0.4, -0.2) is 35.1 Å². The number of amides is 1. The van der Waals surface area contributed by atoms with Crippen molar-refractivity contribution in [3.63, 3.8) is 0 Å². The molecular weight excluding hydrogens is 366 g/mol. The minimum Gasteiger partial charge on any atom is -0.376 e. The van der Waals surface area contributed by atoms with E-state index in [0.717, 1.165) is 23.1 Å². The molecule has 1 atom stereocenters. The Balaban J connectivity index is 1.71. The molecule has 1 unspecified atom stereocenters. The van der Waals surface area contributed by atoms with E-state index in [1.807, 2.05) is 24.3 Å². The molecule has 4 rings (SSSR count). The summed E-state index contributed by atoms with van der Waals surface area (Å²) in [5.41, 5.74) is 0.977. The van der Waals surface area contributed by atoms with Crippen molar-refractivity contribution < 1.29 is 14.5 Å². The number of aromatic nitrogens is 1. The van der Waals surface area contributed by atoms with Crippen LogP contribution < -0.4 is 4.90 Å². The van der Waals surface area contributed by atoms with E-state index in [1.165, 1.54) is 29.5 Å². The van der Waals surface area contributed by atoms with Gasteiger partial charge in [0.05, 0.1) is 27.8 Å². The summed E-state index contributed by atoms with van der Waals surface area (Å²) in [7, 11) is 0. The van der Waals surface area contributed by atoms with Crippen LogP contribution in [0, 0.1) is 10.1 Å². The molecule has 0 radical (unpaired) electrons. The van der Waals surface area contributed by atoms with E-state index < -0.39 is 4.92 Å². The fourth-order valence-corrected chi connectivity index (χ4v) is 4.10. The van der Waals surface area contributed by atoms with Crippen molar-refractivity contribution in [2.45, 2.75) is 18.9 Å². The Morgan fingerprint density at radius 1 is 1.30 bits per heavy atom. The van der Waals surface area contributed by atoms with Gasteiger partial charge in [-0.1, -0.05) is 29.5 Å². The van der Waals surface area contributed by atoms with Crippen molar-refractivity contribution in [3.05, 3.63) is 64.2 Å². The first-order valence-electron chi connectivity index (χ1n) is 8.65. The number of rotatable bonds is 5. The fourth-order valence-electron chi connectivity index (χ4n) is 3.12. The first-order chi connectivity index (χ1) is 13.1. The lowest BCUT2D eigenvalue weighted by atomic mass is 10.1. The second kappa shape index (κ2) is 7.42. The molecule has 0 N–H and O–H groups in total. The quantitative estimate of drug-likeness (QED) is 0.490. The van der Waals surface area contributed by atoms with Gasteiger partial charge in [0.15, 0.2) is 5.13 Å². The summed E-state index contributed by atoms with van der Waals surface area (Å²) in [5.74, 6) is -0.312. The van der Waals surface area contributed by atoms with E-state index in [1.54, 1.807) is 11.0 Å². The molecule has 1 amide bonds. The molecule has 0 bridgehead atoms. The number of para-hydroxylation sites is 1. The number of thiazole rings is 1. The van der Waals surface area contributed by atoms with Gasteiger partial charge in [-0.25, -0.2) is 4.98 Å². The largest absolute Gasteiger partial charge is 0.376 e. The molecule has 0 aliphatic carbocycles. The van der Waals surface area contributed by atoms with Crippen molar-refractivity contribution in [2.75, 3.05) is 18.1 Å². The highest BCUT2D eigenvalue weighted by Gasteiger charge is 2.27. The predicted octanol–water partition coefficient (Wildman–Crippen LogP) is 4.03. The number of carbonyl (C=O) groups excluding carboxylic acids is 1. The average molecular weight is 383 g/mol. The zero-order valence-electron chi connectivity index (χ0n) is 14.4. The minimum absolute atomic E-state index is 0.0559. The van der Waals surface area contributed by atoms with E-state index in [4.69, 9.17) is 4.74 Å². The summed E-state index contributed by atoms with van der Waals surface area (Å²) >= 11 is 1.43. The Morgan fingerprint density at radius 2 is 2.15 bits per heavy atom. The topological polar surface area (TPSA) is 85.6 Å². The van der Waals surface area contributed by atoms with Gasteiger partial charge < -0.3 is 4.74 Å². The van der Waals surface area contributed by atoms with Crippen LogP contribution in [0.2, 0.25) is 0 Å². The number of nitrogens with zero attached hydrogens (tertiary/aromatic N) is 3. The maximum absolute atomic E-state index is 13.2. The number of non-ortho nitro benzene ring substituents is 1. The number of anilines is 1. The highest BCUT2D eigenvalue weighted by molar-refractivity contribution is 7.22. The number of fused-ring (bicyclic) bond motifs is 1. The molecule has 0 saturated carbocycles. The molecule has 1 aromatic heterocycles. The van der Waals surface area contributed by atoms with Crippen LogP contribution in [0.15, 0.2) is 48.5 Å². The molecule has 3 aromatic rings. The third-order valence-corrected chi connectivity index (χ3v) is 5.53. The molecule has 8 heteroatoms. The van der Waals surface area contributed by atoms with E-state index in [2.05, 4.69) is 4.98 Å². The molecule has 0 spiro atoms. The predicted molar refractivity (Wildman–Crippen MR) is 103 cm³/mol. The molecule has 2 heterocycles. The molecule has 1 saturated heterocycles. The third kappa shape index (κ3) is 3.67. The lowest BCUT2D eigenvalue weighted by molar-refractivity contribution is -0.384. The second-order valence-corrected chi connectivity index (χ2v) is 7.33. The number of nitro benzene ring substituents is 1. The molecule has 27 heavy (non-hydrogen) atoms. The van der Waals surface area contributed by atoms with Crippen LogP contribution in [0.1, 0.15) is 23.2 Å². The zero-order valence-corrected chi connectivity index (χ0v) is 15.2. The maximum atomic E-state index is 13.2. The van der Waals surface area contributed by atoms with E-state index in [9.17, 15) is 14.9 Å². The highest BCUT2D eigenvalue weighted by atomic mass is 32.1. The van der Waals surface area contributed by atoms with Gasteiger partial charge >= 0.3 is 0 Å². The Labute approximate surface area is 159 Å². The second-order valence-electron chi connectivity index (χ2n) is 6.32. The highest BCUT2D eigenvalue weighted by Crippen LogP contribution is 2.31. The molecule has 2 aromatic carbocycles. The number of hydrogen-bond acceptors (Lipinski definition) is 6. The number of hydrogen-bond donors (Lipinski definition) is 0. The van der Waals surface area contributed by atoms with Crippen LogP contribution >= 0.6 is 11.3 Å². The van der Waals surface area contributed by atoms with Crippen molar-refractivity contribution in [3.8, 4) is 0 Å². The summed E-state index contributed by atoms with van der Waals surface area (Å²) in [6.45, 7) is 1.06. The minimum atomic E-state index is -0.501. The van der Waals surface area contributed by atoms with Crippen LogP contribution in [0.5, 0.6) is 0 Å². The van der Waals surface area contributed by atoms with Gasteiger partial charge in [-0.05, 0) is 31.0 Å². The van der Waals surface area contributed by atoms with Crippen LogP contribution in [0.3, 0.4) is 0 Å². The third-order valence-electron chi connectivity index (χ3n) is 4.47. The molecule has 138 valence electrons. The fraction of sp³-hybridized carbons (Fsp3) is 0.263. The first kappa shape index (κ1) is 17.6. The first-order valence-corrected chi connectivity index (χ1v) is 9.47. The van der Waals surface area contributed by atoms with Crippen LogP contribution in [0.25, 0.3) is 10.2 Å². The Bertz CT molecular complexity index is 964. The Hall–Kier alpha value is -2.84. The molecule has 1 aliphatic rings. The van der Waals surface area contributed by atoms with Gasteiger partial charge in [0.1, 0.15) is 0 Å². The van der Waals surface area contributed by atoms with Crippen LogP contribution in [-0.2, 0) is 4.74 Å². The van der Waals surface area contributed by atoms with Gasteiger partial charge in [-0.2, -0.15) is 0 Å². The van der Waals surface area contributed by atoms with Gasteiger partial charge in [0.2, 0.25) is 0 Å². The molecule has 7 nitrogen and oxygen atoms in total. The Morgan fingerprint density at radius 3 is 2.89 bits per heavy atom. The number of ether oxygens (including phenoxy) is 1. The summed E-state index contributed by atoms with van der Waals surface area (Å²) in [6.07, 6.45) is 1.78. The van der Waals surface area contributed by atoms with E-state index in [-0.39, 0.29) is 23.3 Å². The van der Waals surface area contributed by atoms with Gasteiger partial charge in [0.25, 0.3) is 11.6 Å². The Kier molecular flexibility index (Phi) is 4.83. The maximum Gasteiger partial charge on any atom is 0.270 e. The average Bonchev–Trinajstić information content (AvgIpc) is 3.34. The number of carbonyl (C=O) groups is 1. The van der Waals surface area contributed by atoms with E-state index in [0.29, 0.717) is 18.3 Å². The standard InChI is InChI=1S/C19H17N3O4S/c23-18(13-5-3-6-14(11-13)22(24)25)21(12-15-7-4-10-26-15)19-20-16-8-1-2-9-17(16)27-19/h1-3,5-6,8-9,11,15H,4,7,10,12H2. The number of nitro groups is 1. The van der Waals surface area contributed by atoms with Gasteiger partial charge in [-0.15, -0.1) is 0 Å². The molecule has 1 fully saturated rings. The van der Waals surface area contributed by atoms with Crippen molar-refractivity contribution in [1.29, 1.82) is 0 Å². The summed E-state index contributed by atoms with van der Waals surface area (Å²) in [6, 6.07) is 13.5. The van der Waals surface area contributed by atoms with Gasteiger partial charge in [0, 0.05) is 24.3 Å². The SMILES string of the molecule is O=C(c1cccc([N+](=O)[O-])c1)N(CC1CCCO1)c1nc2ccccc2s1. The number of benzene rings is 2. The smallest absolute Gasteiger partial charge is 0.270 e. The van der Waals surface area contributed by atoms with Crippen LogP contribution in [0.4, 0.5) is 10.8 Å².